The molecule has 3 aromatic rings. The van der Waals surface area contributed by atoms with Crippen molar-refractivity contribution in [1.82, 2.24) is 15.5 Å². The Kier molecular flexibility index (Phi) is 4.57. The number of aryl methyl sites for hydroxylation is 1. The van der Waals surface area contributed by atoms with Gasteiger partial charge in [0, 0.05) is 16.6 Å². The number of hydrogen-bond acceptors (Lipinski definition) is 2. The molecular formula is C18H16BrN3O. The lowest BCUT2D eigenvalue weighted by Crippen LogP contribution is -2.23. The van der Waals surface area contributed by atoms with Gasteiger partial charge in [0.1, 0.15) is 5.69 Å². The molecule has 5 heteroatoms. The van der Waals surface area contributed by atoms with Crippen molar-refractivity contribution in [2.45, 2.75) is 13.5 Å². The van der Waals surface area contributed by atoms with Crippen molar-refractivity contribution >= 4 is 21.8 Å². The first-order chi connectivity index (χ1) is 11.1. The Morgan fingerprint density at radius 2 is 1.96 bits per heavy atom. The topological polar surface area (TPSA) is 57.8 Å². The minimum atomic E-state index is -0.164. The first-order valence-corrected chi connectivity index (χ1v) is 8.06. The van der Waals surface area contributed by atoms with E-state index in [-0.39, 0.29) is 5.91 Å². The average molecular weight is 370 g/mol. The van der Waals surface area contributed by atoms with Gasteiger partial charge in [0.05, 0.1) is 5.69 Å². The lowest BCUT2D eigenvalue weighted by molar-refractivity contribution is 0.0946. The molecule has 116 valence electrons. The van der Waals surface area contributed by atoms with E-state index < -0.39 is 0 Å². The molecule has 0 saturated carbocycles. The van der Waals surface area contributed by atoms with Gasteiger partial charge in [-0.3, -0.25) is 9.89 Å². The first kappa shape index (κ1) is 15.5. The van der Waals surface area contributed by atoms with E-state index in [2.05, 4.69) is 37.5 Å². The minimum absolute atomic E-state index is 0.164. The summed E-state index contributed by atoms with van der Waals surface area (Å²) >= 11 is 3.40. The second-order valence-electron chi connectivity index (χ2n) is 5.35. The zero-order chi connectivity index (χ0) is 16.2. The molecule has 0 radical (unpaired) electrons. The molecule has 2 aromatic carbocycles. The zero-order valence-electron chi connectivity index (χ0n) is 12.6. The van der Waals surface area contributed by atoms with Gasteiger partial charge in [-0.1, -0.05) is 57.9 Å². The molecule has 0 aliphatic rings. The largest absolute Gasteiger partial charge is 0.347 e. The number of aromatic nitrogens is 2. The minimum Gasteiger partial charge on any atom is -0.347 e. The number of nitrogens with one attached hydrogen (secondary N) is 2. The molecule has 0 atom stereocenters. The van der Waals surface area contributed by atoms with Gasteiger partial charge in [-0.15, -0.1) is 0 Å². The second-order valence-corrected chi connectivity index (χ2v) is 6.26. The third-order valence-electron chi connectivity index (χ3n) is 3.50. The Bertz CT molecular complexity index is 824. The second kappa shape index (κ2) is 6.79. The molecule has 2 N–H and O–H groups in total. The molecule has 3 rings (SSSR count). The van der Waals surface area contributed by atoms with Crippen LogP contribution in [0.1, 0.15) is 21.6 Å². The van der Waals surface area contributed by atoms with Crippen LogP contribution in [0, 0.1) is 6.92 Å². The van der Waals surface area contributed by atoms with Gasteiger partial charge in [0.15, 0.2) is 0 Å². The zero-order valence-corrected chi connectivity index (χ0v) is 14.2. The maximum absolute atomic E-state index is 12.2. The summed E-state index contributed by atoms with van der Waals surface area (Å²) in [4.78, 5) is 12.2. The van der Waals surface area contributed by atoms with Crippen molar-refractivity contribution in [3.63, 3.8) is 0 Å². The van der Waals surface area contributed by atoms with Crippen molar-refractivity contribution in [1.29, 1.82) is 0 Å². The molecule has 0 aliphatic carbocycles. The number of halogens is 1. The third-order valence-corrected chi connectivity index (χ3v) is 4.03. The standard InChI is InChI=1S/C18H16BrN3O/c1-12-3-2-4-13(9-12)11-20-18(23)17-10-16(21-22-17)14-5-7-15(19)8-6-14/h2-10H,11H2,1H3,(H,20,23)(H,21,22). The summed E-state index contributed by atoms with van der Waals surface area (Å²) < 4.78 is 1.01. The molecule has 23 heavy (non-hydrogen) atoms. The normalized spacial score (nSPS) is 10.5. The van der Waals surface area contributed by atoms with Gasteiger partial charge >= 0.3 is 0 Å². The van der Waals surface area contributed by atoms with E-state index in [0.29, 0.717) is 12.2 Å². The maximum atomic E-state index is 12.2. The van der Waals surface area contributed by atoms with E-state index in [1.54, 1.807) is 6.07 Å². The van der Waals surface area contributed by atoms with Crippen LogP contribution in [0.5, 0.6) is 0 Å². The van der Waals surface area contributed by atoms with E-state index in [0.717, 1.165) is 21.3 Å². The summed E-state index contributed by atoms with van der Waals surface area (Å²) in [6.45, 7) is 2.53. The van der Waals surface area contributed by atoms with Gasteiger partial charge in [-0.05, 0) is 30.7 Å². The van der Waals surface area contributed by atoms with Crippen LogP contribution in [-0.2, 0) is 6.54 Å². The number of benzene rings is 2. The van der Waals surface area contributed by atoms with Crippen LogP contribution in [0.3, 0.4) is 0 Å². The number of hydrogen-bond donors (Lipinski definition) is 2. The van der Waals surface area contributed by atoms with Gasteiger partial charge < -0.3 is 5.32 Å². The highest BCUT2D eigenvalue weighted by atomic mass is 79.9. The predicted molar refractivity (Wildman–Crippen MR) is 94.1 cm³/mol. The summed E-state index contributed by atoms with van der Waals surface area (Å²) in [5.41, 5.74) is 4.41. The fraction of sp³-hybridized carbons (Fsp3) is 0.111. The van der Waals surface area contributed by atoms with Crippen LogP contribution in [0.4, 0.5) is 0 Å². The number of nitrogens with zero attached hydrogens (tertiary/aromatic N) is 1. The lowest BCUT2D eigenvalue weighted by atomic mass is 10.1. The molecule has 0 spiro atoms. The van der Waals surface area contributed by atoms with Gasteiger partial charge in [0.2, 0.25) is 0 Å². The van der Waals surface area contributed by atoms with Crippen LogP contribution < -0.4 is 5.32 Å². The number of amides is 1. The summed E-state index contributed by atoms with van der Waals surface area (Å²) in [7, 11) is 0. The van der Waals surface area contributed by atoms with Crippen LogP contribution in [0.2, 0.25) is 0 Å². The highest BCUT2D eigenvalue weighted by Gasteiger charge is 2.10. The summed E-state index contributed by atoms with van der Waals surface area (Å²) in [5.74, 6) is -0.164. The highest BCUT2D eigenvalue weighted by Crippen LogP contribution is 2.20. The number of carbonyl (C=O) groups is 1. The van der Waals surface area contributed by atoms with E-state index in [1.807, 2.05) is 49.4 Å². The molecular weight excluding hydrogens is 354 g/mol. The molecule has 0 aliphatic heterocycles. The third kappa shape index (κ3) is 3.87. The van der Waals surface area contributed by atoms with Crippen LogP contribution in [0.25, 0.3) is 11.3 Å². The monoisotopic (exact) mass is 369 g/mol. The number of H-pyrrole nitrogens is 1. The molecule has 4 nitrogen and oxygen atoms in total. The van der Waals surface area contributed by atoms with E-state index in [4.69, 9.17) is 0 Å². The van der Waals surface area contributed by atoms with Gasteiger partial charge in [-0.2, -0.15) is 5.10 Å². The van der Waals surface area contributed by atoms with E-state index in [9.17, 15) is 4.79 Å². The fourth-order valence-electron chi connectivity index (χ4n) is 2.31. The van der Waals surface area contributed by atoms with E-state index in [1.165, 1.54) is 5.56 Å². The fourth-order valence-corrected chi connectivity index (χ4v) is 2.57. The quantitative estimate of drug-likeness (QED) is 0.727. The Morgan fingerprint density at radius 3 is 2.70 bits per heavy atom. The molecule has 1 aromatic heterocycles. The van der Waals surface area contributed by atoms with Crippen LogP contribution in [-0.4, -0.2) is 16.1 Å². The van der Waals surface area contributed by atoms with Crippen molar-refractivity contribution < 1.29 is 4.79 Å². The Hall–Kier alpha value is -2.40. The van der Waals surface area contributed by atoms with Gasteiger partial charge in [-0.25, -0.2) is 0 Å². The Balaban J connectivity index is 1.67. The van der Waals surface area contributed by atoms with Crippen molar-refractivity contribution in [3.8, 4) is 11.3 Å². The van der Waals surface area contributed by atoms with Crippen molar-refractivity contribution in [3.05, 3.63) is 75.9 Å². The van der Waals surface area contributed by atoms with Crippen molar-refractivity contribution in [2.75, 3.05) is 0 Å². The van der Waals surface area contributed by atoms with Gasteiger partial charge in [0.25, 0.3) is 5.91 Å². The maximum Gasteiger partial charge on any atom is 0.269 e. The average Bonchev–Trinajstić information content (AvgIpc) is 3.03. The SMILES string of the molecule is Cc1cccc(CNC(=O)c2cc(-c3ccc(Br)cc3)n[nH]2)c1. The van der Waals surface area contributed by atoms with Crippen LogP contribution in [0.15, 0.2) is 59.1 Å². The molecule has 0 unspecified atom stereocenters. The molecule has 0 bridgehead atoms. The molecule has 1 amide bonds. The summed E-state index contributed by atoms with van der Waals surface area (Å²) in [6, 6.07) is 17.6. The molecule has 1 heterocycles. The molecule has 0 saturated heterocycles. The van der Waals surface area contributed by atoms with Crippen molar-refractivity contribution in [2.24, 2.45) is 0 Å². The Morgan fingerprint density at radius 1 is 1.17 bits per heavy atom. The first-order valence-electron chi connectivity index (χ1n) is 7.27. The van der Waals surface area contributed by atoms with E-state index >= 15 is 0 Å². The smallest absolute Gasteiger partial charge is 0.269 e. The lowest BCUT2D eigenvalue weighted by Gasteiger charge is -2.04. The summed E-state index contributed by atoms with van der Waals surface area (Å²) in [6.07, 6.45) is 0. The summed E-state index contributed by atoms with van der Waals surface area (Å²) in [5, 5.41) is 9.90. The Labute approximate surface area is 143 Å². The number of carbonyl (C=O) groups excluding carboxylic acids is 1. The highest BCUT2D eigenvalue weighted by molar-refractivity contribution is 9.10. The molecule has 0 fully saturated rings. The predicted octanol–water partition coefficient (Wildman–Crippen LogP) is 4.08. The number of rotatable bonds is 4. The number of aromatic amines is 1. The van der Waals surface area contributed by atoms with Crippen LogP contribution >= 0.6 is 15.9 Å².